The number of carbonyl (C=O) groups is 2. The van der Waals surface area contributed by atoms with Crippen LogP contribution in [0.5, 0.6) is 0 Å². The summed E-state index contributed by atoms with van der Waals surface area (Å²) < 4.78 is 31.2. The normalized spacial score (nSPS) is 12.9. The molecule has 1 aromatic carbocycles. The first kappa shape index (κ1) is 15.3. The largest absolute Gasteiger partial charge is 0.459 e. The molecule has 0 bridgehead atoms. The number of carbonyl (C=O) groups excluding carboxylic acids is 2. The third kappa shape index (κ3) is 4.12. The molecule has 0 spiro atoms. The van der Waals surface area contributed by atoms with Crippen molar-refractivity contribution in [2.75, 3.05) is 0 Å². The van der Waals surface area contributed by atoms with Gasteiger partial charge in [0.05, 0.1) is 5.56 Å². The van der Waals surface area contributed by atoms with Crippen LogP contribution in [0.15, 0.2) is 18.2 Å². The second-order valence-electron chi connectivity index (χ2n) is 5.24. The SMILES string of the molecule is CC(C(=O)OC(C)(C)C)C(=O)c1ccc(F)cc1F. The Kier molecular flexibility index (Phi) is 4.39. The Morgan fingerprint density at radius 3 is 2.26 bits per heavy atom. The van der Waals surface area contributed by atoms with Crippen molar-refractivity contribution in [1.82, 2.24) is 0 Å². The highest BCUT2D eigenvalue weighted by molar-refractivity contribution is 6.08. The number of rotatable bonds is 3. The molecule has 0 aromatic heterocycles. The Balaban J connectivity index is 2.91. The molecule has 1 rings (SSSR count). The Bertz CT molecular complexity index is 504. The van der Waals surface area contributed by atoms with E-state index < -0.39 is 34.9 Å². The summed E-state index contributed by atoms with van der Waals surface area (Å²) in [5.74, 6) is -4.37. The molecule has 104 valence electrons. The van der Waals surface area contributed by atoms with E-state index in [4.69, 9.17) is 4.74 Å². The van der Waals surface area contributed by atoms with E-state index in [9.17, 15) is 18.4 Å². The Morgan fingerprint density at radius 2 is 1.79 bits per heavy atom. The molecule has 1 aromatic rings. The van der Waals surface area contributed by atoms with E-state index in [1.54, 1.807) is 20.8 Å². The van der Waals surface area contributed by atoms with E-state index in [-0.39, 0.29) is 5.56 Å². The van der Waals surface area contributed by atoms with Crippen LogP contribution in [0.3, 0.4) is 0 Å². The summed E-state index contributed by atoms with van der Waals surface area (Å²) in [6, 6.07) is 2.60. The first-order valence-corrected chi connectivity index (χ1v) is 5.84. The average molecular weight is 270 g/mol. The van der Waals surface area contributed by atoms with Gasteiger partial charge in [-0.25, -0.2) is 8.78 Å². The molecule has 0 fully saturated rings. The molecule has 0 amide bonds. The molecule has 5 heteroatoms. The molecule has 3 nitrogen and oxygen atoms in total. The van der Waals surface area contributed by atoms with Crippen LogP contribution in [0.25, 0.3) is 0 Å². The first-order chi connectivity index (χ1) is 8.61. The Hall–Kier alpha value is -1.78. The van der Waals surface area contributed by atoms with Crippen LogP contribution in [0.4, 0.5) is 8.78 Å². The molecule has 0 saturated heterocycles. The van der Waals surface area contributed by atoms with Gasteiger partial charge < -0.3 is 4.74 Å². The summed E-state index contributed by atoms with van der Waals surface area (Å²) in [6.45, 7) is 6.33. The van der Waals surface area contributed by atoms with Gasteiger partial charge >= 0.3 is 5.97 Å². The molecule has 0 radical (unpaired) electrons. The van der Waals surface area contributed by atoms with Crippen LogP contribution in [0.1, 0.15) is 38.1 Å². The molecule has 1 unspecified atom stereocenters. The molecular formula is C14H16F2O3. The fourth-order valence-corrected chi connectivity index (χ4v) is 1.42. The minimum Gasteiger partial charge on any atom is -0.459 e. The topological polar surface area (TPSA) is 43.4 Å². The van der Waals surface area contributed by atoms with Crippen LogP contribution in [-0.4, -0.2) is 17.4 Å². The highest BCUT2D eigenvalue weighted by Gasteiger charge is 2.29. The van der Waals surface area contributed by atoms with E-state index in [1.807, 2.05) is 0 Å². The van der Waals surface area contributed by atoms with Gasteiger partial charge in [0.25, 0.3) is 0 Å². The van der Waals surface area contributed by atoms with Crippen LogP contribution >= 0.6 is 0 Å². The number of ketones is 1. The van der Waals surface area contributed by atoms with Crippen molar-refractivity contribution < 1.29 is 23.1 Å². The fraction of sp³-hybridized carbons (Fsp3) is 0.429. The van der Waals surface area contributed by atoms with Crippen molar-refractivity contribution in [2.45, 2.75) is 33.3 Å². The van der Waals surface area contributed by atoms with Crippen LogP contribution in [0.2, 0.25) is 0 Å². The molecule has 1 atom stereocenters. The van der Waals surface area contributed by atoms with Gasteiger partial charge in [-0.1, -0.05) is 0 Å². The fourth-order valence-electron chi connectivity index (χ4n) is 1.42. The number of benzene rings is 1. The van der Waals surface area contributed by atoms with Gasteiger partial charge in [0.2, 0.25) is 0 Å². The van der Waals surface area contributed by atoms with Gasteiger partial charge in [0.15, 0.2) is 5.78 Å². The maximum Gasteiger partial charge on any atom is 0.317 e. The lowest BCUT2D eigenvalue weighted by molar-refractivity contribution is -0.157. The number of esters is 1. The van der Waals surface area contributed by atoms with Gasteiger partial charge in [-0.2, -0.15) is 0 Å². The maximum absolute atomic E-state index is 13.4. The first-order valence-electron chi connectivity index (χ1n) is 5.84. The monoisotopic (exact) mass is 270 g/mol. The third-order valence-corrected chi connectivity index (χ3v) is 2.35. The van der Waals surface area contributed by atoms with E-state index >= 15 is 0 Å². The molecule has 0 aliphatic carbocycles. The second kappa shape index (κ2) is 5.47. The number of hydrogen-bond acceptors (Lipinski definition) is 3. The molecule has 0 aliphatic heterocycles. The molecule has 19 heavy (non-hydrogen) atoms. The number of hydrogen-bond donors (Lipinski definition) is 0. The second-order valence-corrected chi connectivity index (χ2v) is 5.24. The standard InChI is InChI=1S/C14H16F2O3/c1-8(13(18)19-14(2,3)4)12(17)10-6-5-9(15)7-11(10)16/h5-8H,1-4H3. The van der Waals surface area contributed by atoms with Gasteiger partial charge in [0, 0.05) is 6.07 Å². The van der Waals surface area contributed by atoms with Gasteiger partial charge in [0.1, 0.15) is 23.2 Å². The lowest BCUT2D eigenvalue weighted by Gasteiger charge is -2.21. The van der Waals surface area contributed by atoms with Gasteiger partial charge in [-0.3, -0.25) is 9.59 Å². The van der Waals surface area contributed by atoms with E-state index in [0.717, 1.165) is 12.1 Å². The van der Waals surface area contributed by atoms with Gasteiger partial charge in [-0.05, 0) is 39.8 Å². The summed E-state index contributed by atoms with van der Waals surface area (Å²) in [6.07, 6.45) is 0. The minimum absolute atomic E-state index is 0.320. The van der Waals surface area contributed by atoms with E-state index in [2.05, 4.69) is 0 Å². The van der Waals surface area contributed by atoms with Crippen molar-refractivity contribution in [3.8, 4) is 0 Å². The average Bonchev–Trinajstić information content (AvgIpc) is 2.24. The van der Waals surface area contributed by atoms with Crippen LogP contribution in [0, 0.1) is 17.6 Å². The predicted molar refractivity (Wildman–Crippen MR) is 65.7 cm³/mol. The zero-order valence-electron chi connectivity index (χ0n) is 11.3. The summed E-state index contributed by atoms with van der Waals surface area (Å²) in [5.41, 5.74) is -1.05. The van der Waals surface area contributed by atoms with Crippen molar-refractivity contribution in [2.24, 2.45) is 5.92 Å². The van der Waals surface area contributed by atoms with Gasteiger partial charge in [-0.15, -0.1) is 0 Å². The zero-order chi connectivity index (χ0) is 14.8. The molecule has 0 aliphatic rings. The lowest BCUT2D eigenvalue weighted by atomic mass is 9.98. The number of Topliss-reactive ketones (excluding diaryl/α,β-unsaturated/α-hetero) is 1. The summed E-state index contributed by atoms with van der Waals surface area (Å²) in [5, 5.41) is 0. The van der Waals surface area contributed by atoms with Crippen LogP contribution in [-0.2, 0) is 9.53 Å². The highest BCUT2D eigenvalue weighted by atomic mass is 19.1. The van der Waals surface area contributed by atoms with Crippen molar-refractivity contribution >= 4 is 11.8 Å². The Labute approximate surface area is 110 Å². The zero-order valence-corrected chi connectivity index (χ0v) is 11.3. The number of ether oxygens (including phenoxy) is 1. The molecular weight excluding hydrogens is 254 g/mol. The van der Waals surface area contributed by atoms with E-state index in [1.165, 1.54) is 6.92 Å². The minimum atomic E-state index is -1.14. The third-order valence-electron chi connectivity index (χ3n) is 2.35. The summed E-state index contributed by atoms with van der Waals surface area (Å²) in [4.78, 5) is 23.7. The summed E-state index contributed by atoms with van der Waals surface area (Å²) in [7, 11) is 0. The number of halogens is 2. The molecule has 0 heterocycles. The smallest absolute Gasteiger partial charge is 0.317 e. The molecule has 0 N–H and O–H groups in total. The van der Waals surface area contributed by atoms with Crippen LogP contribution < -0.4 is 0 Å². The maximum atomic E-state index is 13.4. The summed E-state index contributed by atoms with van der Waals surface area (Å²) >= 11 is 0. The Morgan fingerprint density at radius 1 is 1.21 bits per heavy atom. The van der Waals surface area contributed by atoms with E-state index in [0.29, 0.717) is 6.07 Å². The quantitative estimate of drug-likeness (QED) is 0.481. The predicted octanol–water partition coefficient (Wildman–Crippen LogP) is 3.13. The highest BCUT2D eigenvalue weighted by Crippen LogP contribution is 2.18. The van der Waals surface area contributed by atoms with Crippen molar-refractivity contribution in [1.29, 1.82) is 0 Å². The lowest BCUT2D eigenvalue weighted by Crippen LogP contribution is -2.31. The van der Waals surface area contributed by atoms with Crippen molar-refractivity contribution in [3.63, 3.8) is 0 Å². The van der Waals surface area contributed by atoms with Crippen molar-refractivity contribution in [3.05, 3.63) is 35.4 Å². The molecule has 0 saturated carbocycles.